The first-order valence-electron chi connectivity index (χ1n) is 7.47. The molecule has 1 aromatic heterocycles. The number of rotatable bonds is 5. The molecular formula is C16H18F3N3O2. The van der Waals surface area contributed by atoms with Crippen LogP contribution in [-0.2, 0) is 11.0 Å². The zero-order valence-corrected chi connectivity index (χ0v) is 13.5. The lowest BCUT2D eigenvalue weighted by Gasteiger charge is -2.10. The van der Waals surface area contributed by atoms with E-state index in [9.17, 15) is 18.0 Å². The lowest BCUT2D eigenvalue weighted by molar-refractivity contribution is -0.137. The minimum absolute atomic E-state index is 0.0426. The fraction of sp³-hybridized carbons (Fsp3) is 0.438. The first kappa shape index (κ1) is 18.0. The van der Waals surface area contributed by atoms with Gasteiger partial charge in [-0.15, -0.1) is 0 Å². The Labute approximate surface area is 137 Å². The Morgan fingerprint density at radius 2 is 2.00 bits per heavy atom. The number of benzene rings is 1. The van der Waals surface area contributed by atoms with Crippen molar-refractivity contribution < 1.29 is 22.5 Å². The lowest BCUT2D eigenvalue weighted by atomic mass is 10.1. The number of halogens is 3. The molecule has 0 bridgehead atoms. The Morgan fingerprint density at radius 1 is 1.29 bits per heavy atom. The summed E-state index contributed by atoms with van der Waals surface area (Å²) in [4.78, 5) is 15.8. The summed E-state index contributed by atoms with van der Waals surface area (Å²) >= 11 is 0. The lowest BCUT2D eigenvalue weighted by Crippen LogP contribution is -2.27. The molecule has 0 fully saturated rings. The summed E-state index contributed by atoms with van der Waals surface area (Å²) < 4.78 is 43.3. The molecule has 0 unspecified atom stereocenters. The van der Waals surface area contributed by atoms with Crippen LogP contribution in [0, 0.1) is 5.92 Å². The maximum absolute atomic E-state index is 12.8. The van der Waals surface area contributed by atoms with Gasteiger partial charge >= 0.3 is 6.18 Å². The van der Waals surface area contributed by atoms with Crippen LogP contribution in [-0.4, -0.2) is 16.0 Å². The number of carbonyl (C=O) groups excluding carboxylic acids is 1. The Balaban J connectivity index is 2.14. The Kier molecular flexibility index (Phi) is 5.26. The zero-order chi connectivity index (χ0) is 17.9. The van der Waals surface area contributed by atoms with Gasteiger partial charge in [-0.05, 0) is 25.0 Å². The van der Waals surface area contributed by atoms with Gasteiger partial charge in [0.1, 0.15) is 6.04 Å². The second kappa shape index (κ2) is 7.02. The highest BCUT2D eigenvalue weighted by Gasteiger charge is 2.31. The second-order valence-electron chi connectivity index (χ2n) is 5.92. The molecule has 0 saturated heterocycles. The zero-order valence-electron chi connectivity index (χ0n) is 13.5. The second-order valence-corrected chi connectivity index (χ2v) is 5.92. The van der Waals surface area contributed by atoms with Crippen molar-refractivity contribution in [1.29, 1.82) is 0 Å². The van der Waals surface area contributed by atoms with Crippen molar-refractivity contribution in [3.05, 3.63) is 35.7 Å². The van der Waals surface area contributed by atoms with Crippen molar-refractivity contribution in [2.24, 2.45) is 5.92 Å². The van der Waals surface area contributed by atoms with Crippen LogP contribution < -0.4 is 5.32 Å². The maximum Gasteiger partial charge on any atom is 0.416 e. The van der Waals surface area contributed by atoms with Gasteiger partial charge in [0.15, 0.2) is 0 Å². The van der Waals surface area contributed by atoms with Gasteiger partial charge in [-0.1, -0.05) is 31.1 Å². The summed E-state index contributed by atoms with van der Waals surface area (Å²) in [6.45, 7) is 5.51. The molecule has 0 aliphatic heterocycles. The monoisotopic (exact) mass is 341 g/mol. The van der Waals surface area contributed by atoms with E-state index in [2.05, 4.69) is 15.5 Å². The number of nitrogens with zero attached hydrogens (tertiary/aromatic N) is 2. The molecule has 130 valence electrons. The molecule has 1 heterocycles. The topological polar surface area (TPSA) is 68.0 Å². The Bertz CT molecular complexity index is 711. The number of aromatic nitrogens is 2. The molecule has 2 aromatic rings. The normalized spacial score (nSPS) is 13.1. The van der Waals surface area contributed by atoms with Crippen LogP contribution in [0.2, 0.25) is 0 Å². The number of carbonyl (C=O) groups is 1. The number of amides is 1. The summed E-state index contributed by atoms with van der Waals surface area (Å²) in [6, 6.07) is 4.15. The Morgan fingerprint density at radius 3 is 2.62 bits per heavy atom. The quantitative estimate of drug-likeness (QED) is 0.893. The van der Waals surface area contributed by atoms with Crippen LogP contribution in [0.15, 0.2) is 28.8 Å². The molecule has 0 saturated carbocycles. The predicted octanol–water partition coefficient (Wildman–Crippen LogP) is 3.98. The van der Waals surface area contributed by atoms with E-state index in [0.717, 1.165) is 12.1 Å². The first-order valence-corrected chi connectivity index (χ1v) is 7.47. The largest absolute Gasteiger partial charge is 0.416 e. The van der Waals surface area contributed by atoms with E-state index in [4.69, 9.17) is 4.52 Å². The van der Waals surface area contributed by atoms with E-state index in [1.54, 1.807) is 6.92 Å². The number of nitrogens with one attached hydrogen (secondary N) is 1. The highest BCUT2D eigenvalue weighted by Crippen LogP contribution is 2.31. The number of alkyl halides is 3. The predicted molar refractivity (Wildman–Crippen MR) is 80.7 cm³/mol. The van der Waals surface area contributed by atoms with Crippen LogP contribution in [0.3, 0.4) is 0 Å². The van der Waals surface area contributed by atoms with Crippen molar-refractivity contribution in [2.75, 3.05) is 0 Å². The summed E-state index contributed by atoms with van der Waals surface area (Å²) in [7, 11) is 0. The summed E-state index contributed by atoms with van der Waals surface area (Å²) in [6.07, 6.45) is -4.08. The van der Waals surface area contributed by atoms with Crippen molar-refractivity contribution >= 4 is 5.91 Å². The molecule has 0 aliphatic rings. The minimum atomic E-state index is -4.44. The molecule has 24 heavy (non-hydrogen) atoms. The molecular weight excluding hydrogens is 323 g/mol. The molecule has 1 atom stereocenters. The van der Waals surface area contributed by atoms with Gasteiger partial charge in [0.25, 0.3) is 0 Å². The van der Waals surface area contributed by atoms with Crippen LogP contribution >= 0.6 is 0 Å². The molecule has 1 aromatic carbocycles. The van der Waals surface area contributed by atoms with Crippen molar-refractivity contribution in [3.63, 3.8) is 0 Å². The van der Waals surface area contributed by atoms with Crippen LogP contribution in [0.4, 0.5) is 13.2 Å². The smallest absolute Gasteiger partial charge is 0.345 e. The maximum atomic E-state index is 12.8. The summed E-state index contributed by atoms with van der Waals surface area (Å²) in [5, 5.41) is 6.41. The molecule has 0 aliphatic carbocycles. The van der Waals surface area contributed by atoms with Gasteiger partial charge in [-0.2, -0.15) is 18.2 Å². The van der Waals surface area contributed by atoms with Crippen molar-refractivity contribution in [2.45, 2.75) is 39.4 Å². The fourth-order valence-corrected chi connectivity index (χ4v) is 2.10. The highest BCUT2D eigenvalue weighted by molar-refractivity contribution is 5.76. The van der Waals surface area contributed by atoms with E-state index in [-0.39, 0.29) is 29.1 Å². The average Bonchev–Trinajstić information content (AvgIpc) is 2.95. The number of hydrogen-bond donors (Lipinski definition) is 1. The third-order valence-corrected chi connectivity index (χ3v) is 3.23. The molecule has 8 heteroatoms. The van der Waals surface area contributed by atoms with Crippen molar-refractivity contribution in [3.8, 4) is 11.4 Å². The van der Waals surface area contributed by atoms with E-state index in [0.29, 0.717) is 6.42 Å². The van der Waals surface area contributed by atoms with Crippen molar-refractivity contribution in [1.82, 2.24) is 15.5 Å². The van der Waals surface area contributed by atoms with E-state index < -0.39 is 17.8 Å². The van der Waals surface area contributed by atoms with Gasteiger partial charge in [-0.3, -0.25) is 4.79 Å². The summed E-state index contributed by atoms with van der Waals surface area (Å²) in [5.41, 5.74) is -0.592. The standard InChI is InChI=1S/C16H18F3N3O2/c1-9(2)7-13(23)20-10(3)15-21-14(22-24-15)11-5-4-6-12(8-11)16(17,18)19/h4-6,8-10H,7H2,1-3H3,(H,20,23)/t10-/m0/s1. The van der Waals surface area contributed by atoms with Gasteiger partial charge < -0.3 is 9.84 Å². The van der Waals surface area contributed by atoms with Gasteiger partial charge in [0.2, 0.25) is 17.6 Å². The SMILES string of the molecule is CC(C)CC(=O)N[C@@H](C)c1nc(-c2cccc(C(F)(F)F)c2)no1. The third kappa shape index (κ3) is 4.56. The van der Waals surface area contributed by atoms with Gasteiger partial charge in [0.05, 0.1) is 5.56 Å². The average molecular weight is 341 g/mol. The van der Waals surface area contributed by atoms with Crippen LogP contribution in [0.25, 0.3) is 11.4 Å². The van der Waals surface area contributed by atoms with Crippen LogP contribution in [0.1, 0.15) is 44.7 Å². The third-order valence-electron chi connectivity index (χ3n) is 3.23. The van der Waals surface area contributed by atoms with E-state index in [1.807, 2.05) is 13.8 Å². The minimum Gasteiger partial charge on any atom is -0.345 e. The summed E-state index contributed by atoms with van der Waals surface area (Å²) in [5.74, 6) is 0.234. The van der Waals surface area contributed by atoms with E-state index >= 15 is 0 Å². The molecule has 0 radical (unpaired) electrons. The highest BCUT2D eigenvalue weighted by atomic mass is 19.4. The molecule has 5 nitrogen and oxygen atoms in total. The van der Waals surface area contributed by atoms with Gasteiger partial charge in [0, 0.05) is 12.0 Å². The molecule has 1 amide bonds. The van der Waals surface area contributed by atoms with Crippen LogP contribution in [0.5, 0.6) is 0 Å². The number of hydrogen-bond acceptors (Lipinski definition) is 4. The molecule has 2 rings (SSSR count). The van der Waals surface area contributed by atoms with Gasteiger partial charge in [-0.25, -0.2) is 0 Å². The Hall–Kier alpha value is -2.38. The molecule has 1 N–H and O–H groups in total. The molecule has 0 spiro atoms. The first-order chi connectivity index (χ1) is 11.2. The fourth-order valence-electron chi connectivity index (χ4n) is 2.10. The van der Waals surface area contributed by atoms with E-state index in [1.165, 1.54) is 12.1 Å².